The van der Waals surface area contributed by atoms with Crippen LogP contribution in [0.2, 0.25) is 0 Å². The van der Waals surface area contributed by atoms with E-state index in [1.54, 1.807) is 27.5 Å². The van der Waals surface area contributed by atoms with E-state index in [9.17, 15) is 0 Å². The zero-order valence-electron chi connectivity index (χ0n) is 26.6. The number of aliphatic hydroxyl groups excluding tert-OH is 3. The number of rotatable bonds is 6. The van der Waals surface area contributed by atoms with Crippen LogP contribution in [0.3, 0.4) is 0 Å². The van der Waals surface area contributed by atoms with Crippen LogP contribution in [0.1, 0.15) is 53.4 Å². The topological polar surface area (TPSA) is 88.4 Å². The molecule has 47 heavy (non-hydrogen) atoms. The Bertz CT molecular complexity index is 1060. The van der Waals surface area contributed by atoms with E-state index >= 15 is 0 Å². The Kier molecular flexibility index (Phi) is 33.0. The molecule has 3 saturated heterocycles. The number of para-hydroxylation sites is 2. The van der Waals surface area contributed by atoms with Gasteiger partial charge in [-0.3, -0.25) is 0 Å². The van der Waals surface area contributed by atoms with Gasteiger partial charge in [0.25, 0.3) is 0 Å². The molecule has 3 heterocycles. The molecule has 7 nitrogen and oxygen atoms in total. The second kappa shape index (κ2) is 32.3. The van der Waals surface area contributed by atoms with Crippen molar-refractivity contribution < 1.29 is 32.8 Å². The molecule has 6 rings (SSSR count). The first kappa shape index (κ1) is 48.2. The third-order valence-corrected chi connectivity index (χ3v) is 8.33. The van der Waals surface area contributed by atoms with E-state index in [0.29, 0.717) is 24.7 Å². The van der Waals surface area contributed by atoms with Gasteiger partial charge < -0.3 is 35.2 Å². The van der Waals surface area contributed by atoms with Crippen molar-refractivity contribution in [3.05, 3.63) is 94.6 Å². The predicted molar refractivity (Wildman–Crippen MR) is 215 cm³/mol. The molecule has 0 saturated carbocycles. The Morgan fingerprint density at radius 3 is 1.49 bits per heavy atom. The van der Waals surface area contributed by atoms with Gasteiger partial charge in [-0.1, -0.05) is 69.5 Å². The summed E-state index contributed by atoms with van der Waals surface area (Å²) in [5.41, 5.74) is 2.56. The molecule has 3 aromatic rings. The van der Waals surface area contributed by atoms with Gasteiger partial charge in [-0.15, -0.1) is 0 Å². The fourth-order valence-electron chi connectivity index (χ4n) is 5.47. The summed E-state index contributed by atoms with van der Waals surface area (Å²) < 4.78 is 6.53. The van der Waals surface area contributed by atoms with Crippen LogP contribution in [0.4, 0.5) is 11.4 Å². The summed E-state index contributed by atoms with van der Waals surface area (Å²) >= 11 is 8.15. The second-order valence-corrected chi connectivity index (χ2v) is 11.8. The number of halogens is 2. The van der Waals surface area contributed by atoms with Gasteiger partial charge in [-0.25, -0.2) is 0 Å². The van der Waals surface area contributed by atoms with Gasteiger partial charge >= 0.3 is 33.1 Å². The molecule has 0 amide bonds. The van der Waals surface area contributed by atoms with Crippen LogP contribution < -0.4 is 15.1 Å². The van der Waals surface area contributed by atoms with Gasteiger partial charge in [-0.2, -0.15) is 0 Å². The number of hydrogen-bond acceptors (Lipinski definition) is 7. The molecule has 272 valence electrons. The van der Waals surface area contributed by atoms with Crippen molar-refractivity contribution in [2.75, 3.05) is 63.5 Å². The summed E-state index contributed by atoms with van der Waals surface area (Å²) in [6.07, 6.45) is 7.22. The van der Waals surface area contributed by atoms with Crippen LogP contribution in [-0.4, -0.2) is 87.1 Å². The van der Waals surface area contributed by atoms with E-state index in [1.807, 2.05) is 36.4 Å². The van der Waals surface area contributed by atoms with Crippen LogP contribution in [0.15, 0.2) is 91.0 Å². The van der Waals surface area contributed by atoms with Crippen LogP contribution in [0.5, 0.6) is 0 Å². The van der Waals surface area contributed by atoms with Crippen molar-refractivity contribution >= 4 is 54.3 Å². The van der Waals surface area contributed by atoms with Crippen molar-refractivity contribution in [1.29, 1.82) is 0 Å². The normalized spacial score (nSPS) is 18.8. The monoisotopic (exact) mass is 927 g/mol. The number of methoxy groups -OCH3 is 1. The van der Waals surface area contributed by atoms with E-state index in [4.69, 9.17) is 20.1 Å². The minimum absolute atomic E-state index is 0. The number of nitrogens with zero attached hydrogens (tertiary/aromatic N) is 2. The van der Waals surface area contributed by atoms with E-state index < -0.39 is 0 Å². The molecular formula is C37H60CuI2N3O4. The van der Waals surface area contributed by atoms with Gasteiger partial charge in [0.05, 0.1) is 31.9 Å². The second-order valence-electron chi connectivity index (χ2n) is 10.6. The summed E-state index contributed by atoms with van der Waals surface area (Å²) in [5.74, 6) is 0. The fraction of sp³-hybridized carbons (Fsp3) is 0.514. The van der Waals surface area contributed by atoms with Crippen molar-refractivity contribution in [3.63, 3.8) is 0 Å². The first-order valence-electron chi connectivity index (χ1n) is 15.5. The van der Waals surface area contributed by atoms with Crippen LogP contribution in [0.25, 0.3) is 0 Å². The van der Waals surface area contributed by atoms with E-state index in [1.165, 1.54) is 40.6 Å². The molecule has 3 atom stereocenters. The number of nitrogens with one attached hydrogen (secondary N) is 1. The average Bonchev–Trinajstić information content (AvgIpc) is 3.92. The third-order valence-electron chi connectivity index (χ3n) is 7.62. The first-order chi connectivity index (χ1) is 22.2. The number of hydrogen-bond donors (Lipinski definition) is 4. The number of benzene rings is 3. The molecule has 0 spiro atoms. The zero-order valence-corrected chi connectivity index (χ0v) is 31.8. The summed E-state index contributed by atoms with van der Waals surface area (Å²) in [7, 11) is 2.78. The van der Waals surface area contributed by atoms with E-state index in [-0.39, 0.29) is 21.5 Å². The minimum atomic E-state index is 0. The number of ether oxygens (including phenoxy) is 1. The predicted octanol–water partition coefficient (Wildman–Crippen LogP) is 7.74. The number of anilines is 2. The summed E-state index contributed by atoms with van der Waals surface area (Å²) in [6, 6.07) is 32.4. The molecular weight excluding hydrogens is 868 g/mol. The van der Waals surface area contributed by atoms with Gasteiger partial charge in [0.1, 0.15) is 0 Å². The molecule has 3 aliphatic heterocycles. The fourth-order valence-corrected chi connectivity index (χ4v) is 5.89. The standard InChI is InChI=1S/C12H17NO.C11H15NO.C6H5I.C5H11NO.CH4O.2CH4.Cu.HI/c1-14-10-12-8-5-9-13(12)11-6-3-2-4-7-11;13-9-11-7-4-8-12(11)10-5-2-1-3-6-10;7-6-4-2-1-3-5-6;7-4-5-2-1-3-6-5;1-2;;;;/h2-4,6-7,12H,5,8-10H2,1H3;1-3,5-6,11,13H,4,7-9H2;1-5H;5-7H,1-4H2;2H,1H3;2*1H4;;1H/q;;;;;;;+1;/p-1/t12-;11-;;5-;;;;;/m00.0...../s1. The maximum atomic E-state index is 9.16. The third kappa shape index (κ3) is 19.7. The Labute approximate surface area is 319 Å². The summed E-state index contributed by atoms with van der Waals surface area (Å²) in [6.45, 7) is 4.75. The van der Waals surface area contributed by atoms with Gasteiger partial charge in [0.15, 0.2) is 0 Å². The van der Waals surface area contributed by atoms with Gasteiger partial charge in [0, 0.05) is 48.3 Å². The molecule has 3 aliphatic rings. The Hall–Kier alpha value is -0.961. The van der Waals surface area contributed by atoms with Crippen LogP contribution in [-0.2, 0) is 17.5 Å². The molecule has 4 N–H and O–H groups in total. The molecule has 0 aliphatic carbocycles. The van der Waals surface area contributed by atoms with E-state index in [2.05, 4.69) is 105 Å². The van der Waals surface area contributed by atoms with Crippen molar-refractivity contribution in [2.45, 2.75) is 71.5 Å². The van der Waals surface area contributed by atoms with Crippen molar-refractivity contribution in [3.8, 4) is 0 Å². The number of aliphatic hydroxyl groups is 3. The summed E-state index contributed by atoms with van der Waals surface area (Å²) in [4.78, 5) is 4.74. The summed E-state index contributed by atoms with van der Waals surface area (Å²) in [5, 5.41) is 27.8. The van der Waals surface area contributed by atoms with Gasteiger partial charge in [0.2, 0.25) is 0 Å². The molecule has 0 unspecified atom stereocenters. The Balaban J connectivity index is 0. The molecule has 10 heteroatoms. The first-order valence-corrected chi connectivity index (χ1v) is 19.6. The van der Waals surface area contributed by atoms with Gasteiger partial charge in [-0.05, 0) is 104 Å². The molecule has 0 bridgehead atoms. The Morgan fingerprint density at radius 2 is 1.15 bits per heavy atom. The average molecular weight is 928 g/mol. The maximum absolute atomic E-state index is 9.16. The van der Waals surface area contributed by atoms with E-state index in [0.717, 1.165) is 46.2 Å². The molecule has 3 aromatic carbocycles. The quantitative estimate of drug-likeness (QED) is 0.149. The molecule has 3 fully saturated rings. The SMILES string of the molecule is C.C.CO.COC[C@@H]1CCCN1c1ccccc1.Ic1ccccc1.OC[C@@H]1CCCN1.OC[C@@H]1CCCN1c1ccccc1.[Cu][I]. The van der Waals surface area contributed by atoms with Crippen molar-refractivity contribution in [1.82, 2.24) is 5.32 Å². The Morgan fingerprint density at radius 1 is 0.702 bits per heavy atom. The van der Waals surface area contributed by atoms with Crippen LogP contribution >= 0.6 is 42.9 Å². The van der Waals surface area contributed by atoms with Crippen LogP contribution in [0, 0.1) is 3.57 Å². The van der Waals surface area contributed by atoms with Crippen molar-refractivity contribution in [2.24, 2.45) is 0 Å². The molecule has 0 radical (unpaired) electrons. The molecule has 0 aromatic heterocycles. The zero-order chi connectivity index (χ0) is 33.1.